The van der Waals surface area contributed by atoms with Gasteiger partial charge in [-0.2, -0.15) is 0 Å². The standard InChI is InChI=1S/C50H58N4O/c1-32-33(2)53(31-52(32)38-24-35(48(6,7)8)23-36(25-38)49(9,10)11)39-26-37(50(12,13)14)27-41(29-39)55-40-19-20-43-42-17-15-16-18-44(42)54(45(43)30-40)46-28-34(21-22-51-46)47(3,4)5/h15-30H,1-14H3. The van der Waals surface area contributed by atoms with Crippen LogP contribution in [0.25, 0.3) is 39.0 Å². The summed E-state index contributed by atoms with van der Waals surface area (Å²) in [5.41, 5.74) is 11.6. The van der Waals surface area contributed by atoms with Gasteiger partial charge in [0, 0.05) is 23.0 Å². The molecule has 0 saturated carbocycles. The van der Waals surface area contributed by atoms with E-state index in [0.717, 1.165) is 56.5 Å². The highest BCUT2D eigenvalue weighted by Gasteiger charge is 2.24. The number of fused-ring (bicyclic) bond motifs is 3. The first-order chi connectivity index (χ1) is 25.6. The fraction of sp³-hybridized carbons (Fsp3) is 0.360. The second kappa shape index (κ2) is 13.3. The van der Waals surface area contributed by atoms with Crippen molar-refractivity contribution >= 4 is 21.8 Å². The van der Waals surface area contributed by atoms with Crippen LogP contribution in [-0.2, 0) is 21.7 Å². The van der Waals surface area contributed by atoms with Gasteiger partial charge in [-0.1, -0.05) is 107 Å². The molecule has 7 rings (SSSR count). The number of nitrogens with zero attached hydrogens (tertiary/aromatic N) is 4. The van der Waals surface area contributed by atoms with Crippen molar-refractivity contribution in [3.63, 3.8) is 0 Å². The maximum atomic E-state index is 6.85. The van der Waals surface area contributed by atoms with Gasteiger partial charge in [0.05, 0.1) is 33.8 Å². The highest BCUT2D eigenvalue weighted by molar-refractivity contribution is 6.09. The second-order valence-electron chi connectivity index (χ2n) is 19.5. The van der Waals surface area contributed by atoms with Crippen molar-refractivity contribution in [1.29, 1.82) is 0 Å². The van der Waals surface area contributed by atoms with Crippen LogP contribution in [0.1, 0.15) is 117 Å². The quantitative estimate of drug-likeness (QED) is 0.131. The lowest BCUT2D eigenvalue weighted by Gasteiger charge is -2.26. The van der Waals surface area contributed by atoms with Gasteiger partial charge in [0.2, 0.25) is 0 Å². The Bertz CT molecular complexity index is 2540. The number of pyridine rings is 1. The predicted molar refractivity (Wildman–Crippen MR) is 229 cm³/mol. The third-order valence-electron chi connectivity index (χ3n) is 11.0. The SMILES string of the molecule is Cc1c(C)[n+](-c2cc(C(C)(C)C)cc(C(C)(C)C)c2)[c-]n1-c1cc(Oc2ccc3c4ccccc4n(-c4cc(C(C)(C)C)ccn4)c3c2)cc(C(C)(C)C)c1. The summed E-state index contributed by atoms with van der Waals surface area (Å²) in [6, 6.07) is 32.9. The lowest BCUT2D eigenvalue weighted by Crippen LogP contribution is -2.33. The van der Waals surface area contributed by atoms with Crippen molar-refractivity contribution in [2.75, 3.05) is 0 Å². The van der Waals surface area contributed by atoms with E-state index in [1.54, 1.807) is 0 Å². The summed E-state index contributed by atoms with van der Waals surface area (Å²) >= 11 is 0. The van der Waals surface area contributed by atoms with Gasteiger partial charge in [-0.3, -0.25) is 13.7 Å². The first-order valence-corrected chi connectivity index (χ1v) is 19.6. The summed E-state index contributed by atoms with van der Waals surface area (Å²) in [4.78, 5) is 4.88. The van der Waals surface area contributed by atoms with Crippen molar-refractivity contribution in [1.82, 2.24) is 14.1 Å². The maximum absolute atomic E-state index is 6.85. The molecule has 0 aliphatic carbocycles. The van der Waals surface area contributed by atoms with Gasteiger partial charge in [0.1, 0.15) is 17.3 Å². The molecule has 0 radical (unpaired) electrons. The Morgan fingerprint density at radius 2 is 1.16 bits per heavy atom. The third-order valence-corrected chi connectivity index (χ3v) is 11.0. The van der Waals surface area contributed by atoms with Crippen LogP contribution in [0.3, 0.4) is 0 Å². The summed E-state index contributed by atoms with van der Waals surface area (Å²) in [5.74, 6) is 2.46. The van der Waals surface area contributed by atoms with Crippen LogP contribution in [0.4, 0.5) is 0 Å². The topological polar surface area (TPSA) is 35.9 Å². The average molecular weight is 731 g/mol. The van der Waals surface area contributed by atoms with E-state index in [1.807, 2.05) is 6.20 Å². The van der Waals surface area contributed by atoms with Gasteiger partial charge < -0.3 is 4.74 Å². The molecule has 7 aromatic rings. The van der Waals surface area contributed by atoms with Crippen LogP contribution >= 0.6 is 0 Å². The van der Waals surface area contributed by atoms with Crippen LogP contribution in [0.15, 0.2) is 97.2 Å². The Labute approximate surface area is 328 Å². The Kier molecular flexibility index (Phi) is 9.19. The molecule has 0 unspecified atom stereocenters. The van der Waals surface area contributed by atoms with E-state index >= 15 is 0 Å². The number of hydrogen-bond donors (Lipinski definition) is 0. The van der Waals surface area contributed by atoms with E-state index in [1.165, 1.54) is 27.6 Å². The average Bonchev–Trinajstić information content (AvgIpc) is 3.59. The van der Waals surface area contributed by atoms with Gasteiger partial charge in [0.25, 0.3) is 6.33 Å². The predicted octanol–water partition coefficient (Wildman–Crippen LogP) is 12.6. The first kappa shape index (κ1) is 38.1. The highest BCUT2D eigenvalue weighted by Crippen LogP contribution is 2.38. The molecule has 0 bridgehead atoms. The summed E-state index contributed by atoms with van der Waals surface area (Å²) in [6.07, 6.45) is 5.68. The van der Waals surface area contributed by atoms with Crippen LogP contribution in [0, 0.1) is 20.2 Å². The molecule has 5 heteroatoms. The molecule has 0 amide bonds. The molecule has 5 nitrogen and oxygen atoms in total. The monoisotopic (exact) mass is 730 g/mol. The zero-order valence-electron chi connectivity index (χ0n) is 35.4. The van der Waals surface area contributed by atoms with Crippen molar-refractivity contribution in [3.05, 3.63) is 137 Å². The fourth-order valence-electron chi connectivity index (χ4n) is 7.29. The minimum Gasteiger partial charge on any atom is -0.458 e. The number of benzene rings is 4. The zero-order valence-corrected chi connectivity index (χ0v) is 35.4. The summed E-state index contributed by atoms with van der Waals surface area (Å²) < 4.78 is 13.5. The number of aromatic nitrogens is 4. The largest absolute Gasteiger partial charge is 0.458 e. The molecule has 0 spiro atoms. The minimum absolute atomic E-state index is 0.000355. The Balaban J connectivity index is 1.35. The Morgan fingerprint density at radius 3 is 1.80 bits per heavy atom. The molecular weight excluding hydrogens is 673 g/mol. The molecule has 0 fully saturated rings. The van der Waals surface area contributed by atoms with E-state index < -0.39 is 0 Å². The molecule has 284 valence electrons. The maximum Gasteiger partial charge on any atom is 0.269 e. The van der Waals surface area contributed by atoms with Gasteiger partial charge in [-0.05, 0) is 118 Å². The normalized spacial score (nSPS) is 12.9. The van der Waals surface area contributed by atoms with E-state index in [0.29, 0.717) is 0 Å². The molecule has 0 aliphatic heterocycles. The fourth-order valence-corrected chi connectivity index (χ4v) is 7.29. The molecular formula is C50H58N4O. The number of rotatable bonds is 5. The minimum atomic E-state index is -0.108. The van der Waals surface area contributed by atoms with Crippen LogP contribution in [-0.4, -0.2) is 14.1 Å². The van der Waals surface area contributed by atoms with Crippen LogP contribution in [0.2, 0.25) is 0 Å². The van der Waals surface area contributed by atoms with Gasteiger partial charge in [0.15, 0.2) is 0 Å². The third kappa shape index (κ3) is 7.34. The van der Waals surface area contributed by atoms with Crippen LogP contribution in [0.5, 0.6) is 11.5 Å². The Hall–Kier alpha value is -5.16. The lowest BCUT2D eigenvalue weighted by atomic mass is 9.80. The molecule has 0 N–H and O–H groups in total. The van der Waals surface area contributed by atoms with Gasteiger partial charge in [-0.25, -0.2) is 4.98 Å². The van der Waals surface area contributed by atoms with Crippen molar-refractivity contribution < 1.29 is 9.30 Å². The molecule has 55 heavy (non-hydrogen) atoms. The molecule has 0 saturated heterocycles. The smallest absolute Gasteiger partial charge is 0.269 e. The molecule has 4 aromatic carbocycles. The second-order valence-corrected chi connectivity index (χ2v) is 19.5. The molecule has 0 aliphatic rings. The first-order valence-electron chi connectivity index (χ1n) is 19.6. The van der Waals surface area contributed by atoms with E-state index in [9.17, 15) is 0 Å². The van der Waals surface area contributed by atoms with E-state index in [4.69, 9.17) is 9.72 Å². The van der Waals surface area contributed by atoms with E-state index in [2.05, 4.69) is 208 Å². The number of para-hydroxylation sites is 1. The summed E-state index contributed by atoms with van der Waals surface area (Å²) in [7, 11) is 0. The van der Waals surface area contributed by atoms with Gasteiger partial charge >= 0.3 is 0 Å². The zero-order chi connectivity index (χ0) is 39.8. The lowest BCUT2D eigenvalue weighted by molar-refractivity contribution is -0.606. The van der Waals surface area contributed by atoms with Crippen molar-refractivity contribution in [3.8, 4) is 28.7 Å². The number of hydrogen-bond acceptors (Lipinski definition) is 2. The summed E-state index contributed by atoms with van der Waals surface area (Å²) in [6.45, 7) is 31.6. The highest BCUT2D eigenvalue weighted by atomic mass is 16.5. The Morgan fingerprint density at radius 1 is 0.564 bits per heavy atom. The summed E-state index contributed by atoms with van der Waals surface area (Å²) in [5, 5.41) is 2.35. The van der Waals surface area contributed by atoms with Crippen LogP contribution < -0.4 is 9.30 Å². The van der Waals surface area contributed by atoms with Crippen molar-refractivity contribution in [2.24, 2.45) is 0 Å². The number of imidazole rings is 1. The molecule has 3 aromatic heterocycles. The molecule has 0 atom stereocenters. The number of ether oxygens (including phenoxy) is 1. The molecule has 3 heterocycles. The van der Waals surface area contributed by atoms with Gasteiger partial charge in [-0.15, -0.1) is 0 Å². The van der Waals surface area contributed by atoms with Crippen molar-refractivity contribution in [2.45, 2.75) is 119 Å². The van der Waals surface area contributed by atoms with E-state index in [-0.39, 0.29) is 21.7 Å².